The molecule has 4 aromatic rings. The minimum Gasteiger partial charge on any atom is -0.497 e. The molecule has 1 aliphatic rings. The Balaban J connectivity index is 1.70. The van der Waals surface area contributed by atoms with Gasteiger partial charge in [0.15, 0.2) is 0 Å². The van der Waals surface area contributed by atoms with Crippen LogP contribution in [0.25, 0.3) is 0 Å². The number of rotatable bonds is 9. The van der Waals surface area contributed by atoms with Crippen molar-refractivity contribution in [2.45, 2.75) is 43.2 Å². The lowest BCUT2D eigenvalue weighted by atomic mass is 9.63. The predicted octanol–water partition coefficient (Wildman–Crippen LogP) is 3.07. The van der Waals surface area contributed by atoms with E-state index in [0.717, 1.165) is 16.7 Å². The highest BCUT2D eigenvalue weighted by Crippen LogP contribution is 2.47. The number of benzene rings is 3. The van der Waals surface area contributed by atoms with E-state index in [0.29, 0.717) is 11.3 Å². The zero-order chi connectivity index (χ0) is 29.1. The second-order valence-corrected chi connectivity index (χ2v) is 10.8. The number of nitrogens with one attached hydrogen (secondary N) is 1. The van der Waals surface area contributed by atoms with Gasteiger partial charge in [-0.25, -0.2) is 4.79 Å². The molecule has 0 amide bonds. The molecule has 0 saturated carbocycles. The highest BCUT2D eigenvalue weighted by atomic mass is 31.2. The highest BCUT2D eigenvalue weighted by molar-refractivity contribution is 7.43. The van der Waals surface area contributed by atoms with Crippen LogP contribution in [0.4, 0.5) is 0 Å². The molecule has 1 aromatic heterocycles. The Bertz CT molecular complexity index is 1540. The van der Waals surface area contributed by atoms with E-state index in [2.05, 4.69) is 4.98 Å². The normalized spacial score (nSPS) is 20.5. The average molecular weight is 577 g/mol. The van der Waals surface area contributed by atoms with Gasteiger partial charge in [0.25, 0.3) is 5.56 Å². The van der Waals surface area contributed by atoms with E-state index in [-0.39, 0.29) is 6.42 Å². The van der Waals surface area contributed by atoms with Gasteiger partial charge in [-0.3, -0.25) is 19.8 Å². The van der Waals surface area contributed by atoms with Gasteiger partial charge in [0, 0.05) is 18.2 Å². The number of ether oxygens (including phenoxy) is 2. The standard InChI is InChI=1S/C30H33N4O6P/c1-19-18-34(29(36)33-28(19)35)25-17-24(40-41(32)37)26(39-25)27(31)30(20-9-5-3-6-10-20,21-11-7-4-8-12-21)22-13-15-23(38-2)16-14-22/h3-16,18,24-27,37H,17,31-32H2,1-2H3,(H,33,35,36)/t24-,25+,26-,27?,41?/m0/s1. The molecular weight excluding hydrogens is 543 g/mol. The molecule has 6 N–H and O–H groups in total. The summed E-state index contributed by atoms with van der Waals surface area (Å²) in [6, 6.07) is 26.6. The maximum absolute atomic E-state index is 12.8. The second-order valence-electron chi connectivity index (χ2n) is 10.0. The van der Waals surface area contributed by atoms with Crippen molar-refractivity contribution in [2.75, 3.05) is 7.11 Å². The number of hydrogen-bond donors (Lipinski definition) is 4. The highest BCUT2D eigenvalue weighted by Gasteiger charge is 2.52. The molecule has 11 heteroatoms. The first-order valence-corrected chi connectivity index (χ1v) is 14.4. The molecule has 5 rings (SSSR count). The van der Waals surface area contributed by atoms with Crippen molar-refractivity contribution in [3.05, 3.63) is 134 Å². The first-order valence-electron chi connectivity index (χ1n) is 13.1. The third-order valence-electron chi connectivity index (χ3n) is 7.67. The Kier molecular flexibility index (Phi) is 8.51. The fraction of sp³-hybridized carbons (Fsp3) is 0.267. The Hall–Kier alpha value is -3.63. The molecule has 5 atom stereocenters. The maximum atomic E-state index is 12.8. The molecule has 41 heavy (non-hydrogen) atoms. The third kappa shape index (κ3) is 5.50. The molecule has 0 aliphatic carbocycles. The second kappa shape index (κ2) is 12.1. The van der Waals surface area contributed by atoms with E-state index in [1.54, 1.807) is 14.0 Å². The van der Waals surface area contributed by atoms with Crippen LogP contribution in [-0.2, 0) is 14.7 Å². The Labute approximate surface area is 238 Å². The molecule has 0 bridgehead atoms. The number of aryl methyl sites for hydroxylation is 1. The zero-order valence-corrected chi connectivity index (χ0v) is 23.6. The van der Waals surface area contributed by atoms with Crippen molar-refractivity contribution in [1.82, 2.24) is 9.55 Å². The van der Waals surface area contributed by atoms with Gasteiger partial charge in [0.2, 0.25) is 8.53 Å². The maximum Gasteiger partial charge on any atom is 0.330 e. The van der Waals surface area contributed by atoms with Crippen molar-refractivity contribution < 1.29 is 18.9 Å². The van der Waals surface area contributed by atoms with Crippen LogP contribution in [0.3, 0.4) is 0 Å². The number of aromatic amines is 1. The van der Waals surface area contributed by atoms with Crippen molar-refractivity contribution in [3.63, 3.8) is 0 Å². The molecule has 0 spiro atoms. The summed E-state index contributed by atoms with van der Waals surface area (Å²) in [5.74, 6) is 0.692. The Morgan fingerprint density at radius 1 is 1.00 bits per heavy atom. The van der Waals surface area contributed by atoms with Crippen molar-refractivity contribution in [3.8, 4) is 5.75 Å². The summed E-state index contributed by atoms with van der Waals surface area (Å²) in [5.41, 5.74) is 14.1. The molecule has 10 nitrogen and oxygen atoms in total. The van der Waals surface area contributed by atoms with Crippen LogP contribution in [0.2, 0.25) is 0 Å². The fourth-order valence-corrected chi connectivity index (χ4v) is 6.26. The minimum absolute atomic E-state index is 0.169. The molecule has 0 radical (unpaired) electrons. The summed E-state index contributed by atoms with van der Waals surface area (Å²) in [6.07, 6.45) is -0.800. The van der Waals surface area contributed by atoms with E-state index < -0.39 is 49.7 Å². The number of hydrogen-bond acceptors (Lipinski definition) is 8. The summed E-state index contributed by atoms with van der Waals surface area (Å²) in [5, 5.41) is 0. The van der Waals surface area contributed by atoms with Gasteiger partial charge in [-0.05, 0) is 35.7 Å². The third-order valence-corrected chi connectivity index (χ3v) is 8.16. The number of nitrogens with two attached hydrogens (primary N) is 2. The van der Waals surface area contributed by atoms with Crippen LogP contribution < -0.4 is 27.2 Å². The van der Waals surface area contributed by atoms with Gasteiger partial charge in [0.05, 0.1) is 24.7 Å². The summed E-state index contributed by atoms with van der Waals surface area (Å²) in [6.45, 7) is 1.60. The Morgan fingerprint density at radius 2 is 1.56 bits per heavy atom. The van der Waals surface area contributed by atoms with Crippen LogP contribution in [0, 0.1) is 6.92 Å². The SMILES string of the molecule is COc1ccc(C(c2ccccc2)(c2ccccc2)C(N)[C@H]2O[C@@H](n3cc(C)c(=O)[nH]c3=O)C[C@@H]2OP(N)O)cc1. The van der Waals surface area contributed by atoms with Crippen LogP contribution in [0.5, 0.6) is 5.75 Å². The lowest BCUT2D eigenvalue weighted by Crippen LogP contribution is -2.56. The monoisotopic (exact) mass is 576 g/mol. The van der Waals surface area contributed by atoms with Gasteiger partial charge >= 0.3 is 5.69 Å². The molecule has 1 fully saturated rings. The topological polar surface area (TPSA) is 155 Å². The first-order chi connectivity index (χ1) is 19.7. The number of nitrogens with zero attached hydrogens (tertiary/aromatic N) is 1. The summed E-state index contributed by atoms with van der Waals surface area (Å²) in [7, 11) is -0.664. The molecule has 1 aliphatic heterocycles. The molecular formula is C30H33N4O6P. The van der Waals surface area contributed by atoms with Gasteiger partial charge in [0.1, 0.15) is 18.1 Å². The van der Waals surface area contributed by atoms with E-state index in [1.807, 2.05) is 84.9 Å². The Morgan fingerprint density at radius 3 is 2.10 bits per heavy atom. The van der Waals surface area contributed by atoms with E-state index in [4.69, 9.17) is 25.2 Å². The smallest absolute Gasteiger partial charge is 0.330 e. The summed E-state index contributed by atoms with van der Waals surface area (Å²) in [4.78, 5) is 37.2. The van der Waals surface area contributed by atoms with Gasteiger partial charge in [-0.2, -0.15) is 0 Å². The number of H-pyrrole nitrogens is 1. The average Bonchev–Trinajstić information content (AvgIpc) is 3.39. The molecule has 2 unspecified atom stereocenters. The number of aromatic nitrogens is 2. The van der Waals surface area contributed by atoms with Crippen molar-refractivity contribution in [2.24, 2.45) is 11.2 Å². The van der Waals surface area contributed by atoms with E-state index in [9.17, 15) is 14.5 Å². The summed E-state index contributed by atoms with van der Waals surface area (Å²) >= 11 is 0. The molecule has 1 saturated heterocycles. The van der Waals surface area contributed by atoms with Gasteiger partial charge < -0.3 is 24.6 Å². The lowest BCUT2D eigenvalue weighted by molar-refractivity contribution is -0.0363. The van der Waals surface area contributed by atoms with Crippen LogP contribution >= 0.6 is 8.53 Å². The van der Waals surface area contributed by atoms with Gasteiger partial charge in [-0.1, -0.05) is 72.8 Å². The summed E-state index contributed by atoms with van der Waals surface area (Å²) < 4.78 is 19.1. The van der Waals surface area contributed by atoms with Gasteiger partial charge in [-0.15, -0.1) is 0 Å². The first kappa shape index (κ1) is 28.9. The zero-order valence-electron chi connectivity index (χ0n) is 22.7. The molecule has 3 aromatic carbocycles. The molecule has 2 heterocycles. The van der Waals surface area contributed by atoms with Crippen LogP contribution in [-0.4, -0.2) is 39.8 Å². The van der Waals surface area contributed by atoms with Crippen molar-refractivity contribution >= 4 is 8.53 Å². The van der Waals surface area contributed by atoms with E-state index >= 15 is 0 Å². The van der Waals surface area contributed by atoms with Crippen LogP contribution in [0.1, 0.15) is 34.9 Å². The predicted molar refractivity (Wildman–Crippen MR) is 157 cm³/mol. The van der Waals surface area contributed by atoms with Crippen molar-refractivity contribution in [1.29, 1.82) is 0 Å². The van der Waals surface area contributed by atoms with Crippen LogP contribution in [0.15, 0.2) is 101 Å². The quantitative estimate of drug-likeness (QED) is 0.175. The lowest BCUT2D eigenvalue weighted by Gasteiger charge is -2.44. The fourth-order valence-electron chi connectivity index (χ4n) is 5.77. The number of methoxy groups -OCH3 is 1. The van der Waals surface area contributed by atoms with E-state index in [1.165, 1.54) is 10.8 Å². The largest absolute Gasteiger partial charge is 0.497 e. The minimum atomic E-state index is -2.27. The molecule has 214 valence electrons.